The topological polar surface area (TPSA) is 116 Å². The minimum absolute atomic E-state index is 0. The summed E-state index contributed by atoms with van der Waals surface area (Å²) in [7, 11) is -3.83. The second-order valence-electron chi connectivity index (χ2n) is 4.86. The minimum atomic E-state index is -3.83. The Labute approximate surface area is 161 Å². The molecule has 2 aromatic carbocycles. The van der Waals surface area contributed by atoms with Crippen LogP contribution in [-0.4, -0.2) is 20.3 Å². The molecular weight excluding hydrogens is 409 g/mol. The Bertz CT molecular complexity index is 912. The smallest absolute Gasteiger partial charge is 0.280 e. The largest absolute Gasteiger partial charge is 0.370 e. The third kappa shape index (κ3) is 5.34. The van der Waals surface area contributed by atoms with Crippen LogP contribution in [0.2, 0.25) is 10.0 Å². The Morgan fingerprint density at radius 1 is 1.08 bits per heavy atom. The Morgan fingerprint density at radius 3 is 2.24 bits per heavy atom. The zero-order valence-electron chi connectivity index (χ0n) is 12.6. The first kappa shape index (κ1) is 21.2. The maximum absolute atomic E-state index is 12.6. The van der Waals surface area contributed by atoms with Gasteiger partial charge < -0.3 is 11.5 Å². The Hall–Kier alpha value is -1.80. The van der Waals surface area contributed by atoms with Gasteiger partial charge in [0, 0.05) is 5.56 Å². The molecule has 0 aromatic heterocycles. The van der Waals surface area contributed by atoms with E-state index in [2.05, 4.69) is 4.99 Å². The molecule has 0 saturated carbocycles. The van der Waals surface area contributed by atoms with Crippen molar-refractivity contribution >= 4 is 57.3 Å². The van der Waals surface area contributed by atoms with Crippen molar-refractivity contribution in [3.63, 3.8) is 0 Å². The number of aliphatic imine (C=N–C) groups is 1. The molecule has 2 rings (SSSR count). The van der Waals surface area contributed by atoms with E-state index in [9.17, 15) is 13.2 Å². The molecule has 0 atom stereocenters. The number of nitrogens with two attached hydrogens (primary N) is 2. The maximum atomic E-state index is 12.6. The minimum Gasteiger partial charge on any atom is -0.370 e. The highest BCUT2D eigenvalue weighted by Gasteiger charge is 2.23. The van der Waals surface area contributed by atoms with Gasteiger partial charge >= 0.3 is 0 Å². The fraction of sp³-hybridized carbons (Fsp3) is 0.0667. The van der Waals surface area contributed by atoms with Crippen LogP contribution in [0.5, 0.6) is 0 Å². The van der Waals surface area contributed by atoms with Crippen LogP contribution >= 0.6 is 35.6 Å². The Balaban J connectivity index is 0.00000312. The summed E-state index contributed by atoms with van der Waals surface area (Å²) in [6.07, 6.45) is 0. The number of hydrogen-bond donors (Lipinski definition) is 2. The van der Waals surface area contributed by atoms with Crippen molar-refractivity contribution in [2.75, 3.05) is 0 Å². The molecule has 0 aliphatic carbocycles. The predicted octanol–water partition coefficient (Wildman–Crippen LogP) is 2.80. The van der Waals surface area contributed by atoms with Gasteiger partial charge in [-0.15, -0.1) is 12.4 Å². The molecular formula is C15H14Cl3N3O3S. The van der Waals surface area contributed by atoms with E-state index in [-0.39, 0.29) is 38.7 Å². The maximum Gasteiger partial charge on any atom is 0.280 e. The molecule has 10 heteroatoms. The van der Waals surface area contributed by atoms with Crippen LogP contribution in [0.1, 0.15) is 15.9 Å². The van der Waals surface area contributed by atoms with Crippen molar-refractivity contribution in [2.45, 2.75) is 10.6 Å². The van der Waals surface area contributed by atoms with E-state index in [1.807, 2.05) is 0 Å². The number of nitrogens with zero attached hydrogens (tertiary/aromatic N) is 1. The monoisotopic (exact) mass is 421 g/mol. The molecule has 0 aliphatic rings. The molecule has 0 heterocycles. The van der Waals surface area contributed by atoms with Gasteiger partial charge in [0.15, 0.2) is 15.8 Å². The molecule has 0 bridgehead atoms. The van der Waals surface area contributed by atoms with Gasteiger partial charge in [0.25, 0.3) is 5.91 Å². The second kappa shape index (κ2) is 8.53. The van der Waals surface area contributed by atoms with E-state index < -0.39 is 21.7 Å². The lowest BCUT2D eigenvalue weighted by molar-refractivity contribution is 0.100. The molecule has 0 fully saturated rings. The van der Waals surface area contributed by atoms with Gasteiger partial charge in [-0.3, -0.25) is 4.79 Å². The third-order valence-corrected chi connectivity index (χ3v) is 5.63. The van der Waals surface area contributed by atoms with Crippen LogP contribution < -0.4 is 11.5 Å². The van der Waals surface area contributed by atoms with Crippen molar-refractivity contribution < 1.29 is 13.2 Å². The second-order valence-corrected chi connectivity index (χ2v) is 7.60. The van der Waals surface area contributed by atoms with Gasteiger partial charge in [0.1, 0.15) is 0 Å². The number of amides is 1. The highest BCUT2D eigenvalue weighted by molar-refractivity contribution is 7.90. The molecule has 0 spiro atoms. The Kier molecular flexibility index (Phi) is 7.25. The van der Waals surface area contributed by atoms with Crippen LogP contribution in [0.4, 0.5) is 0 Å². The van der Waals surface area contributed by atoms with E-state index in [4.69, 9.17) is 34.7 Å². The highest BCUT2D eigenvalue weighted by Crippen LogP contribution is 2.33. The predicted molar refractivity (Wildman–Crippen MR) is 101 cm³/mol. The van der Waals surface area contributed by atoms with Crippen LogP contribution in [0.25, 0.3) is 0 Å². The summed E-state index contributed by atoms with van der Waals surface area (Å²) in [5.74, 6) is -1.55. The Morgan fingerprint density at radius 2 is 1.68 bits per heavy atom. The number of sulfone groups is 1. The highest BCUT2D eigenvalue weighted by atomic mass is 35.5. The average Bonchev–Trinajstić information content (AvgIpc) is 2.49. The van der Waals surface area contributed by atoms with Crippen LogP contribution in [0.15, 0.2) is 52.4 Å². The van der Waals surface area contributed by atoms with E-state index >= 15 is 0 Å². The number of benzene rings is 2. The van der Waals surface area contributed by atoms with Crippen LogP contribution in [0.3, 0.4) is 0 Å². The van der Waals surface area contributed by atoms with Gasteiger partial charge in [-0.25, -0.2) is 8.42 Å². The standard InChI is InChI=1S/C15H13Cl2N3O3S.ClH/c16-11-6-10(14(21)20-15(18)19)7-12(13(11)17)24(22,23)8-9-4-2-1-3-5-9;/h1-7H,8H2,(H4,18,19,20,21);1H. The number of rotatable bonds is 4. The number of carbonyl (C=O) groups is 1. The zero-order valence-corrected chi connectivity index (χ0v) is 15.8. The van der Waals surface area contributed by atoms with Crippen molar-refractivity contribution in [1.82, 2.24) is 0 Å². The molecule has 6 nitrogen and oxygen atoms in total. The van der Waals surface area contributed by atoms with E-state index in [0.29, 0.717) is 5.56 Å². The van der Waals surface area contributed by atoms with E-state index in [1.165, 1.54) is 6.07 Å². The quantitative estimate of drug-likeness (QED) is 0.580. The number of halogens is 3. The summed E-state index contributed by atoms with van der Waals surface area (Å²) in [5, 5.41) is -0.242. The van der Waals surface area contributed by atoms with Crippen molar-refractivity contribution in [3.05, 3.63) is 63.6 Å². The van der Waals surface area contributed by atoms with Gasteiger partial charge in [0.2, 0.25) is 0 Å². The molecule has 0 aliphatic heterocycles. The average molecular weight is 423 g/mol. The lowest BCUT2D eigenvalue weighted by atomic mass is 10.2. The van der Waals surface area contributed by atoms with Gasteiger partial charge in [0.05, 0.1) is 20.7 Å². The first-order chi connectivity index (χ1) is 11.2. The summed E-state index contributed by atoms with van der Waals surface area (Å²) in [5.41, 5.74) is 10.8. The molecule has 134 valence electrons. The summed E-state index contributed by atoms with van der Waals surface area (Å²) in [6, 6.07) is 10.9. The van der Waals surface area contributed by atoms with E-state index in [0.717, 1.165) is 6.07 Å². The van der Waals surface area contributed by atoms with Crippen LogP contribution in [-0.2, 0) is 15.6 Å². The lowest BCUT2D eigenvalue weighted by Crippen LogP contribution is -2.24. The summed E-state index contributed by atoms with van der Waals surface area (Å²) in [6.45, 7) is 0. The number of guanidine groups is 1. The van der Waals surface area contributed by atoms with Crippen molar-refractivity contribution in [2.24, 2.45) is 16.5 Å². The van der Waals surface area contributed by atoms with Crippen LogP contribution in [0, 0.1) is 0 Å². The van der Waals surface area contributed by atoms with Crippen molar-refractivity contribution in [3.8, 4) is 0 Å². The first-order valence-corrected chi connectivity index (χ1v) is 9.01. The molecule has 4 N–H and O–H groups in total. The van der Waals surface area contributed by atoms with Crippen molar-refractivity contribution in [1.29, 1.82) is 0 Å². The molecule has 0 saturated heterocycles. The molecule has 0 unspecified atom stereocenters. The summed E-state index contributed by atoms with van der Waals surface area (Å²) >= 11 is 12.0. The fourth-order valence-electron chi connectivity index (χ4n) is 1.97. The zero-order chi connectivity index (χ0) is 17.9. The normalized spacial score (nSPS) is 10.6. The third-order valence-electron chi connectivity index (χ3n) is 3.01. The number of carbonyl (C=O) groups excluding carboxylic acids is 1. The van der Waals surface area contributed by atoms with Gasteiger partial charge in [-0.05, 0) is 17.7 Å². The van der Waals surface area contributed by atoms with Gasteiger partial charge in [-0.1, -0.05) is 53.5 Å². The van der Waals surface area contributed by atoms with E-state index in [1.54, 1.807) is 30.3 Å². The summed E-state index contributed by atoms with van der Waals surface area (Å²) in [4.78, 5) is 15.0. The lowest BCUT2D eigenvalue weighted by Gasteiger charge is -2.10. The van der Waals surface area contributed by atoms with Gasteiger partial charge in [-0.2, -0.15) is 4.99 Å². The molecule has 2 aromatic rings. The fourth-order valence-corrected chi connectivity index (χ4v) is 4.18. The first-order valence-electron chi connectivity index (χ1n) is 6.60. The molecule has 1 amide bonds. The SMILES string of the molecule is Cl.NC(N)=NC(=O)c1cc(Cl)c(Cl)c(S(=O)(=O)Cc2ccccc2)c1. The molecule has 25 heavy (non-hydrogen) atoms. The summed E-state index contributed by atoms with van der Waals surface area (Å²) < 4.78 is 25.3. The number of hydrogen-bond acceptors (Lipinski definition) is 3. The molecule has 0 radical (unpaired) electrons.